The Hall–Kier alpha value is -2.58. The fraction of sp³-hybridized carbons (Fsp3) is 0.438. The summed E-state index contributed by atoms with van der Waals surface area (Å²) in [5.74, 6) is -0.448. The lowest BCUT2D eigenvalue weighted by Crippen LogP contribution is -2.55. The number of halogens is 3. The smallest absolute Gasteiger partial charge is 0.351 e. The van der Waals surface area contributed by atoms with E-state index in [0.717, 1.165) is 11.8 Å². The lowest BCUT2D eigenvalue weighted by molar-refractivity contribution is -0.195. The number of fused-ring (bicyclic) bond motifs is 1. The molecule has 1 fully saturated rings. The van der Waals surface area contributed by atoms with Gasteiger partial charge in [0.05, 0.1) is 10.9 Å². The molecule has 1 aromatic heterocycles. The largest absolute Gasteiger partial charge is 0.408 e. The van der Waals surface area contributed by atoms with Gasteiger partial charge in [0.2, 0.25) is 11.9 Å². The highest BCUT2D eigenvalue weighted by Gasteiger charge is 2.47. The van der Waals surface area contributed by atoms with Crippen LogP contribution in [0.5, 0.6) is 0 Å². The number of aromatic amines is 1. The number of anilines is 1. The molecule has 2 heterocycles. The van der Waals surface area contributed by atoms with Gasteiger partial charge in [-0.3, -0.25) is 14.6 Å². The summed E-state index contributed by atoms with van der Waals surface area (Å²) in [5.41, 5.74) is 0.154. The first-order chi connectivity index (χ1) is 11.8. The SMILES string of the molecule is CC(=O)N1CC(Nc2nc3ccccc3c(=O)[nH]2)CCC1C(F)(F)F. The van der Waals surface area contributed by atoms with Gasteiger partial charge < -0.3 is 10.2 Å². The number of hydrogen-bond acceptors (Lipinski definition) is 4. The van der Waals surface area contributed by atoms with Crippen molar-refractivity contribution in [3.63, 3.8) is 0 Å². The van der Waals surface area contributed by atoms with Crippen LogP contribution in [0.2, 0.25) is 0 Å². The Balaban J connectivity index is 1.80. The normalized spacial score (nSPS) is 21.4. The topological polar surface area (TPSA) is 78.1 Å². The highest BCUT2D eigenvalue weighted by Crippen LogP contribution is 2.32. The lowest BCUT2D eigenvalue weighted by atomic mass is 9.97. The van der Waals surface area contributed by atoms with Gasteiger partial charge in [-0.2, -0.15) is 13.2 Å². The molecule has 0 aliphatic carbocycles. The summed E-state index contributed by atoms with van der Waals surface area (Å²) < 4.78 is 39.2. The average molecular weight is 354 g/mol. The summed E-state index contributed by atoms with van der Waals surface area (Å²) in [6, 6.07) is 4.58. The minimum absolute atomic E-state index is 0.101. The summed E-state index contributed by atoms with van der Waals surface area (Å²) in [5, 5.41) is 3.37. The van der Waals surface area contributed by atoms with Gasteiger partial charge in [-0.05, 0) is 25.0 Å². The highest BCUT2D eigenvalue weighted by molar-refractivity contribution is 5.78. The van der Waals surface area contributed by atoms with E-state index in [0.29, 0.717) is 10.9 Å². The number of alkyl halides is 3. The first kappa shape index (κ1) is 17.2. The molecule has 25 heavy (non-hydrogen) atoms. The predicted molar refractivity (Wildman–Crippen MR) is 86.2 cm³/mol. The summed E-state index contributed by atoms with van der Waals surface area (Å²) in [7, 11) is 0. The third-order valence-corrected chi connectivity index (χ3v) is 4.32. The molecule has 0 bridgehead atoms. The fourth-order valence-electron chi connectivity index (χ4n) is 3.13. The van der Waals surface area contributed by atoms with Gasteiger partial charge in [0, 0.05) is 19.5 Å². The van der Waals surface area contributed by atoms with Crippen molar-refractivity contribution < 1.29 is 18.0 Å². The Morgan fingerprint density at radius 3 is 2.72 bits per heavy atom. The number of rotatable bonds is 2. The van der Waals surface area contributed by atoms with Crippen LogP contribution in [0.15, 0.2) is 29.1 Å². The van der Waals surface area contributed by atoms with Crippen LogP contribution >= 0.6 is 0 Å². The summed E-state index contributed by atoms with van der Waals surface area (Å²) in [4.78, 5) is 31.3. The quantitative estimate of drug-likeness (QED) is 0.867. The Morgan fingerprint density at radius 1 is 1.32 bits per heavy atom. The second-order valence-corrected chi connectivity index (χ2v) is 6.08. The minimum Gasteiger partial charge on any atom is -0.351 e. The highest BCUT2D eigenvalue weighted by atomic mass is 19.4. The van der Waals surface area contributed by atoms with Gasteiger partial charge in [0.1, 0.15) is 6.04 Å². The number of hydrogen-bond donors (Lipinski definition) is 2. The van der Waals surface area contributed by atoms with E-state index in [9.17, 15) is 22.8 Å². The molecular formula is C16H17F3N4O2. The Morgan fingerprint density at radius 2 is 2.04 bits per heavy atom. The predicted octanol–water partition coefficient (Wildman–Crippen LogP) is 2.28. The van der Waals surface area contributed by atoms with E-state index in [1.807, 2.05) is 0 Å². The lowest BCUT2D eigenvalue weighted by Gasteiger charge is -2.40. The molecule has 1 saturated heterocycles. The number of nitrogens with one attached hydrogen (secondary N) is 2. The molecule has 2 aromatic rings. The van der Waals surface area contributed by atoms with Gasteiger partial charge in [0.15, 0.2) is 0 Å². The number of para-hydroxylation sites is 1. The molecule has 9 heteroatoms. The van der Waals surface area contributed by atoms with Crippen molar-refractivity contribution in [2.75, 3.05) is 11.9 Å². The van der Waals surface area contributed by atoms with Crippen molar-refractivity contribution in [1.82, 2.24) is 14.9 Å². The Kier molecular flexibility index (Phi) is 4.40. The summed E-state index contributed by atoms with van der Waals surface area (Å²) >= 11 is 0. The molecule has 1 aromatic carbocycles. The van der Waals surface area contributed by atoms with E-state index >= 15 is 0 Å². The minimum atomic E-state index is -4.45. The molecular weight excluding hydrogens is 337 g/mol. The number of aromatic nitrogens is 2. The van der Waals surface area contributed by atoms with Crippen molar-refractivity contribution in [3.05, 3.63) is 34.6 Å². The number of likely N-dealkylation sites (tertiary alicyclic amines) is 1. The van der Waals surface area contributed by atoms with Crippen molar-refractivity contribution in [2.24, 2.45) is 0 Å². The molecule has 1 aliphatic rings. The van der Waals surface area contributed by atoms with E-state index in [2.05, 4.69) is 15.3 Å². The molecule has 6 nitrogen and oxygen atoms in total. The maximum Gasteiger partial charge on any atom is 0.408 e. The van der Waals surface area contributed by atoms with Gasteiger partial charge in [0.25, 0.3) is 5.56 Å². The number of amides is 1. The zero-order valence-electron chi connectivity index (χ0n) is 13.4. The molecule has 0 saturated carbocycles. The van der Waals surface area contributed by atoms with Crippen LogP contribution in [-0.2, 0) is 4.79 Å². The molecule has 1 amide bonds. The van der Waals surface area contributed by atoms with Gasteiger partial charge in [-0.1, -0.05) is 12.1 Å². The van der Waals surface area contributed by atoms with Gasteiger partial charge in [-0.25, -0.2) is 4.98 Å². The maximum atomic E-state index is 13.1. The number of nitrogens with zero attached hydrogens (tertiary/aromatic N) is 2. The van der Waals surface area contributed by atoms with E-state index in [-0.39, 0.29) is 30.9 Å². The third kappa shape index (κ3) is 3.59. The van der Waals surface area contributed by atoms with E-state index < -0.39 is 24.2 Å². The standard InChI is InChI=1S/C16H17F3N4O2/c1-9(24)23-8-10(6-7-13(23)16(17,18)19)20-15-21-12-5-3-2-4-11(12)14(25)22-15/h2-5,10,13H,6-8H2,1H3,(H2,20,21,22,25). The average Bonchev–Trinajstić information content (AvgIpc) is 2.54. The molecule has 1 aliphatic heterocycles. The first-order valence-corrected chi connectivity index (χ1v) is 7.85. The van der Waals surface area contributed by atoms with Crippen molar-refractivity contribution in [1.29, 1.82) is 0 Å². The number of carbonyl (C=O) groups is 1. The summed E-state index contributed by atoms with van der Waals surface area (Å²) in [6.07, 6.45) is -4.44. The Bertz CT molecular complexity index is 849. The van der Waals surface area contributed by atoms with Crippen LogP contribution in [0.4, 0.5) is 19.1 Å². The monoisotopic (exact) mass is 354 g/mol. The second kappa shape index (κ2) is 6.38. The van der Waals surface area contributed by atoms with Crippen molar-refractivity contribution in [3.8, 4) is 0 Å². The number of piperidine rings is 1. The second-order valence-electron chi connectivity index (χ2n) is 6.08. The fourth-order valence-corrected chi connectivity index (χ4v) is 3.13. The summed E-state index contributed by atoms with van der Waals surface area (Å²) in [6.45, 7) is 1.02. The Labute approximate surface area is 141 Å². The molecule has 0 radical (unpaired) electrons. The van der Waals surface area contributed by atoms with Crippen LogP contribution in [0.25, 0.3) is 10.9 Å². The van der Waals surface area contributed by atoms with Crippen molar-refractivity contribution >= 4 is 22.8 Å². The van der Waals surface area contributed by atoms with Gasteiger partial charge >= 0.3 is 6.18 Å². The van der Waals surface area contributed by atoms with Crippen molar-refractivity contribution in [2.45, 2.75) is 38.0 Å². The number of benzene rings is 1. The van der Waals surface area contributed by atoms with Crippen LogP contribution in [0.1, 0.15) is 19.8 Å². The molecule has 134 valence electrons. The van der Waals surface area contributed by atoms with Crippen LogP contribution in [0, 0.1) is 0 Å². The third-order valence-electron chi connectivity index (χ3n) is 4.32. The van der Waals surface area contributed by atoms with Crippen LogP contribution in [-0.4, -0.2) is 45.6 Å². The molecule has 3 rings (SSSR count). The zero-order valence-corrected chi connectivity index (χ0v) is 13.4. The molecule has 2 unspecified atom stereocenters. The zero-order chi connectivity index (χ0) is 18.2. The van der Waals surface area contributed by atoms with E-state index in [1.54, 1.807) is 24.3 Å². The molecule has 2 atom stereocenters. The van der Waals surface area contributed by atoms with Crippen LogP contribution < -0.4 is 10.9 Å². The molecule has 0 spiro atoms. The maximum absolute atomic E-state index is 13.1. The first-order valence-electron chi connectivity index (χ1n) is 7.85. The number of carbonyl (C=O) groups excluding carboxylic acids is 1. The van der Waals surface area contributed by atoms with E-state index in [4.69, 9.17) is 0 Å². The van der Waals surface area contributed by atoms with Gasteiger partial charge in [-0.15, -0.1) is 0 Å². The number of H-pyrrole nitrogens is 1. The molecule has 2 N–H and O–H groups in total. The van der Waals surface area contributed by atoms with Crippen LogP contribution in [0.3, 0.4) is 0 Å². The van der Waals surface area contributed by atoms with E-state index in [1.165, 1.54) is 0 Å².